The maximum absolute atomic E-state index is 12.5. The third-order valence-electron chi connectivity index (χ3n) is 5.29. The van der Waals surface area contributed by atoms with Crippen LogP contribution in [0.25, 0.3) is 0 Å². The number of nitrogens with one attached hydrogen (secondary N) is 1. The highest BCUT2D eigenvalue weighted by atomic mass is 35.5. The van der Waals surface area contributed by atoms with Gasteiger partial charge in [0.05, 0.1) is 6.61 Å². The number of carbonyl (C=O) groups excluding carboxylic acids is 2. The summed E-state index contributed by atoms with van der Waals surface area (Å²) in [5.41, 5.74) is 1.96. The molecule has 0 aliphatic carbocycles. The Labute approximate surface area is 189 Å². The van der Waals surface area contributed by atoms with Crippen molar-refractivity contribution >= 4 is 29.2 Å². The van der Waals surface area contributed by atoms with Crippen molar-refractivity contribution in [2.75, 3.05) is 44.7 Å². The summed E-state index contributed by atoms with van der Waals surface area (Å²) in [5.74, 6) is 0.131. The van der Waals surface area contributed by atoms with Crippen LogP contribution in [0.1, 0.15) is 24.8 Å². The molecule has 0 spiro atoms. The Balaban J connectivity index is 1.32. The van der Waals surface area contributed by atoms with Crippen molar-refractivity contribution in [3.63, 3.8) is 0 Å². The van der Waals surface area contributed by atoms with Crippen LogP contribution in [0.15, 0.2) is 54.6 Å². The average Bonchev–Trinajstić information content (AvgIpc) is 3.05. The highest BCUT2D eigenvalue weighted by molar-refractivity contribution is 6.30. The smallest absolute Gasteiger partial charge is 0.321 e. The van der Waals surface area contributed by atoms with Crippen molar-refractivity contribution in [1.82, 2.24) is 9.80 Å². The molecule has 1 aliphatic rings. The summed E-state index contributed by atoms with van der Waals surface area (Å²) in [4.78, 5) is 28.7. The van der Waals surface area contributed by atoms with Gasteiger partial charge in [0, 0.05) is 49.9 Å². The van der Waals surface area contributed by atoms with Gasteiger partial charge >= 0.3 is 6.03 Å². The summed E-state index contributed by atoms with van der Waals surface area (Å²) in [6.45, 7) is 3.65. The SMILES string of the molecule is O=C(CCCOCCc1ccccc1)N1CCCN(C(=O)Nc2ccc(Cl)cc2)CC1. The zero-order valence-corrected chi connectivity index (χ0v) is 18.5. The van der Waals surface area contributed by atoms with E-state index in [-0.39, 0.29) is 11.9 Å². The highest BCUT2D eigenvalue weighted by Gasteiger charge is 2.21. The fraction of sp³-hybridized carbons (Fsp3) is 0.417. The van der Waals surface area contributed by atoms with E-state index in [1.807, 2.05) is 23.1 Å². The zero-order valence-electron chi connectivity index (χ0n) is 17.8. The number of nitrogens with zero attached hydrogens (tertiary/aromatic N) is 2. The van der Waals surface area contributed by atoms with Crippen molar-refractivity contribution in [2.24, 2.45) is 0 Å². The molecule has 166 valence electrons. The maximum atomic E-state index is 12.5. The van der Waals surface area contributed by atoms with Gasteiger partial charge in [-0.25, -0.2) is 4.79 Å². The first-order valence-electron chi connectivity index (χ1n) is 10.8. The molecule has 0 aromatic heterocycles. The number of ether oxygens (including phenoxy) is 1. The molecule has 0 bridgehead atoms. The molecule has 3 amide bonds. The van der Waals surface area contributed by atoms with E-state index in [4.69, 9.17) is 16.3 Å². The Morgan fingerprint density at radius 2 is 1.61 bits per heavy atom. The van der Waals surface area contributed by atoms with Gasteiger partial charge in [-0.1, -0.05) is 41.9 Å². The van der Waals surface area contributed by atoms with Crippen LogP contribution in [-0.2, 0) is 16.0 Å². The first kappa shape index (κ1) is 23.1. The fourth-order valence-corrected chi connectivity index (χ4v) is 3.65. The molecule has 1 fully saturated rings. The molecular weight excluding hydrogens is 414 g/mol. The van der Waals surface area contributed by atoms with E-state index in [0.717, 1.165) is 12.8 Å². The molecule has 1 heterocycles. The second-order valence-electron chi connectivity index (χ2n) is 7.61. The van der Waals surface area contributed by atoms with Gasteiger partial charge in [-0.05, 0) is 49.1 Å². The number of halogens is 1. The molecule has 1 N–H and O–H groups in total. The molecular formula is C24H30ClN3O3. The van der Waals surface area contributed by atoms with Gasteiger partial charge < -0.3 is 19.9 Å². The summed E-state index contributed by atoms with van der Waals surface area (Å²) >= 11 is 5.88. The minimum Gasteiger partial charge on any atom is -0.381 e. The van der Waals surface area contributed by atoms with Crippen LogP contribution in [0.5, 0.6) is 0 Å². The van der Waals surface area contributed by atoms with Crippen LogP contribution in [0.3, 0.4) is 0 Å². The molecule has 1 aliphatic heterocycles. The van der Waals surface area contributed by atoms with Crippen LogP contribution >= 0.6 is 11.6 Å². The van der Waals surface area contributed by atoms with E-state index in [1.54, 1.807) is 29.2 Å². The predicted octanol–water partition coefficient (Wildman–Crippen LogP) is 4.45. The monoisotopic (exact) mass is 443 g/mol. The Morgan fingerprint density at radius 3 is 2.39 bits per heavy atom. The van der Waals surface area contributed by atoms with Crippen LogP contribution in [0.2, 0.25) is 5.02 Å². The number of hydrogen-bond acceptors (Lipinski definition) is 3. The minimum absolute atomic E-state index is 0.131. The first-order chi connectivity index (χ1) is 15.1. The number of urea groups is 1. The number of benzene rings is 2. The summed E-state index contributed by atoms with van der Waals surface area (Å²) in [7, 11) is 0. The van der Waals surface area contributed by atoms with Crippen molar-refractivity contribution in [1.29, 1.82) is 0 Å². The van der Waals surface area contributed by atoms with E-state index in [2.05, 4.69) is 17.4 Å². The summed E-state index contributed by atoms with van der Waals surface area (Å²) in [6.07, 6.45) is 2.84. The highest BCUT2D eigenvalue weighted by Crippen LogP contribution is 2.15. The lowest BCUT2D eigenvalue weighted by molar-refractivity contribution is -0.131. The van der Waals surface area contributed by atoms with E-state index in [9.17, 15) is 9.59 Å². The molecule has 31 heavy (non-hydrogen) atoms. The predicted molar refractivity (Wildman–Crippen MR) is 123 cm³/mol. The van der Waals surface area contributed by atoms with Crippen molar-refractivity contribution in [3.8, 4) is 0 Å². The van der Waals surface area contributed by atoms with Crippen molar-refractivity contribution in [3.05, 3.63) is 65.2 Å². The number of anilines is 1. The van der Waals surface area contributed by atoms with Gasteiger partial charge in [-0.3, -0.25) is 4.79 Å². The second kappa shape index (κ2) is 12.3. The Kier molecular flexibility index (Phi) is 9.18. The minimum atomic E-state index is -0.150. The molecule has 0 atom stereocenters. The van der Waals surface area contributed by atoms with Crippen molar-refractivity contribution in [2.45, 2.75) is 25.7 Å². The molecule has 2 aromatic rings. The van der Waals surface area contributed by atoms with Crippen LogP contribution < -0.4 is 5.32 Å². The summed E-state index contributed by atoms with van der Waals surface area (Å²) in [5, 5.41) is 3.51. The molecule has 0 radical (unpaired) electrons. The van der Waals surface area contributed by atoms with Gasteiger partial charge in [0.25, 0.3) is 0 Å². The topological polar surface area (TPSA) is 61.9 Å². The summed E-state index contributed by atoms with van der Waals surface area (Å²) < 4.78 is 5.67. The van der Waals surface area contributed by atoms with Gasteiger partial charge in [-0.2, -0.15) is 0 Å². The molecule has 0 saturated carbocycles. The van der Waals surface area contributed by atoms with Gasteiger partial charge in [0.1, 0.15) is 0 Å². The molecule has 3 rings (SSSR count). The van der Waals surface area contributed by atoms with E-state index in [1.165, 1.54) is 5.56 Å². The normalized spacial score (nSPS) is 14.2. The van der Waals surface area contributed by atoms with Gasteiger partial charge in [0.2, 0.25) is 5.91 Å². The first-order valence-corrected chi connectivity index (χ1v) is 11.2. The Morgan fingerprint density at radius 1 is 0.903 bits per heavy atom. The van der Waals surface area contributed by atoms with Crippen LogP contribution in [0.4, 0.5) is 10.5 Å². The quantitative estimate of drug-likeness (QED) is 0.613. The number of rotatable bonds is 8. The standard InChI is InChI=1S/C24H30ClN3O3/c25-21-9-11-22(12-10-21)26-24(30)28-15-5-14-27(16-17-28)23(29)8-4-18-31-19-13-20-6-2-1-3-7-20/h1-3,6-7,9-12H,4-5,8,13-19H2,(H,26,30). The van der Waals surface area contributed by atoms with Gasteiger partial charge in [0.15, 0.2) is 0 Å². The molecule has 2 aromatic carbocycles. The number of carbonyl (C=O) groups is 2. The van der Waals surface area contributed by atoms with Crippen LogP contribution in [0, 0.1) is 0 Å². The average molecular weight is 444 g/mol. The molecule has 1 saturated heterocycles. The lowest BCUT2D eigenvalue weighted by atomic mass is 10.2. The van der Waals surface area contributed by atoms with Crippen LogP contribution in [-0.4, -0.2) is 61.1 Å². The lowest BCUT2D eigenvalue weighted by Gasteiger charge is -2.22. The van der Waals surface area contributed by atoms with E-state index < -0.39 is 0 Å². The summed E-state index contributed by atoms with van der Waals surface area (Å²) in [6, 6.07) is 17.1. The third kappa shape index (κ3) is 7.89. The molecule has 7 heteroatoms. The largest absolute Gasteiger partial charge is 0.381 e. The zero-order chi connectivity index (χ0) is 21.9. The molecule has 6 nitrogen and oxygen atoms in total. The van der Waals surface area contributed by atoms with E-state index in [0.29, 0.717) is 62.9 Å². The van der Waals surface area contributed by atoms with Gasteiger partial charge in [-0.15, -0.1) is 0 Å². The number of hydrogen-bond donors (Lipinski definition) is 1. The Hall–Kier alpha value is -2.57. The second-order valence-corrected chi connectivity index (χ2v) is 8.05. The van der Waals surface area contributed by atoms with E-state index >= 15 is 0 Å². The molecule has 0 unspecified atom stereocenters. The lowest BCUT2D eigenvalue weighted by Crippen LogP contribution is -2.39. The third-order valence-corrected chi connectivity index (χ3v) is 5.54. The number of amides is 3. The fourth-order valence-electron chi connectivity index (χ4n) is 3.53. The van der Waals surface area contributed by atoms with Crippen molar-refractivity contribution < 1.29 is 14.3 Å². The Bertz CT molecular complexity index is 830. The maximum Gasteiger partial charge on any atom is 0.321 e.